The van der Waals surface area contributed by atoms with Gasteiger partial charge in [-0.1, -0.05) is 81.2 Å². The van der Waals surface area contributed by atoms with Crippen LogP contribution >= 0.6 is 81.2 Å². The summed E-state index contributed by atoms with van der Waals surface area (Å²) in [5.74, 6) is -0.937. The van der Waals surface area contributed by atoms with E-state index < -0.39 is 10.4 Å². The zero-order valence-electron chi connectivity index (χ0n) is 8.13. The van der Waals surface area contributed by atoms with Gasteiger partial charge in [-0.05, 0) is 0 Å². The van der Waals surface area contributed by atoms with E-state index in [1.807, 2.05) is 0 Å². The maximum atomic E-state index is 11.3. The van der Waals surface area contributed by atoms with Gasteiger partial charge in [-0.15, -0.1) is 0 Å². The number of amides is 1. The quantitative estimate of drug-likeness (QED) is 0.401. The Hall–Kier alpha value is 0.460. The molecule has 0 saturated carbocycles. The fourth-order valence-corrected chi connectivity index (χ4v) is 2.84. The molecular weight excluding hydrogens is 386 g/mol. The lowest BCUT2D eigenvalue weighted by Crippen LogP contribution is -2.14. The molecule has 98 valence electrons. The summed E-state index contributed by atoms with van der Waals surface area (Å²) in [4.78, 5) is 11.3. The second-order valence-corrected chi connectivity index (χ2v) is 5.78. The monoisotopic (exact) mass is 385 g/mol. The topological polar surface area (TPSA) is 43.1 Å². The fourth-order valence-electron chi connectivity index (χ4n) is 1.14. The smallest absolute Gasteiger partial charge is 0.251 e. The van der Waals surface area contributed by atoms with Crippen molar-refractivity contribution in [2.24, 2.45) is 5.73 Å². The number of primary amides is 1. The van der Waals surface area contributed by atoms with Crippen LogP contribution in [0.15, 0.2) is 4.49 Å². The molecule has 0 aliphatic rings. The molecule has 2 N–H and O–H groups in total. The molecule has 18 heavy (non-hydrogen) atoms. The standard InChI is InChI=1S/C9H2Cl7NO/c10-3-1(2(8(15)16)9(17)18)4(11)6(13)7(14)5(3)12/h(H2,17,18). The Bertz CT molecular complexity index is 534. The summed E-state index contributed by atoms with van der Waals surface area (Å²) in [6, 6.07) is 0. The SMILES string of the molecule is NC(=O)C(=C(Cl)Cl)c1c(Cl)c(Cl)c(Cl)c(Cl)c1Cl. The van der Waals surface area contributed by atoms with Gasteiger partial charge in [0.05, 0.1) is 30.7 Å². The zero-order valence-corrected chi connectivity index (χ0v) is 13.4. The minimum Gasteiger partial charge on any atom is -0.366 e. The highest BCUT2D eigenvalue weighted by Crippen LogP contribution is 2.47. The Kier molecular flexibility index (Phi) is 5.76. The predicted molar refractivity (Wildman–Crippen MR) is 79.3 cm³/mol. The van der Waals surface area contributed by atoms with E-state index in [1.54, 1.807) is 0 Å². The van der Waals surface area contributed by atoms with Crippen LogP contribution in [0.3, 0.4) is 0 Å². The number of rotatable bonds is 2. The molecule has 1 amide bonds. The lowest BCUT2D eigenvalue weighted by atomic mass is 10.1. The predicted octanol–water partition coefficient (Wildman–Crippen LogP) is 5.59. The van der Waals surface area contributed by atoms with Crippen molar-refractivity contribution >= 4 is 92.7 Å². The van der Waals surface area contributed by atoms with Gasteiger partial charge < -0.3 is 5.73 Å². The molecule has 1 aromatic carbocycles. The van der Waals surface area contributed by atoms with Gasteiger partial charge in [-0.2, -0.15) is 0 Å². The van der Waals surface area contributed by atoms with E-state index in [1.165, 1.54) is 0 Å². The molecule has 0 atom stereocenters. The largest absolute Gasteiger partial charge is 0.366 e. The molecule has 0 aliphatic carbocycles. The summed E-state index contributed by atoms with van der Waals surface area (Å²) < 4.78 is -0.416. The molecule has 9 heteroatoms. The first kappa shape index (κ1) is 16.5. The fraction of sp³-hybridized carbons (Fsp3) is 0. The van der Waals surface area contributed by atoms with Gasteiger partial charge in [0.1, 0.15) is 4.49 Å². The Morgan fingerprint density at radius 2 is 1.11 bits per heavy atom. The third-order valence-corrected chi connectivity index (χ3v) is 4.55. The molecule has 0 saturated heterocycles. The highest BCUT2D eigenvalue weighted by Gasteiger charge is 2.25. The van der Waals surface area contributed by atoms with Gasteiger partial charge in [-0.3, -0.25) is 4.79 Å². The molecule has 0 unspecified atom stereocenters. The first-order valence-electron chi connectivity index (χ1n) is 4.07. The summed E-state index contributed by atoms with van der Waals surface area (Å²) in [5, 5.41) is -0.467. The van der Waals surface area contributed by atoms with Crippen LogP contribution < -0.4 is 5.73 Å². The average Bonchev–Trinajstić information content (AvgIpc) is 2.28. The van der Waals surface area contributed by atoms with Crippen molar-refractivity contribution in [2.75, 3.05) is 0 Å². The molecule has 1 aromatic rings. The third kappa shape index (κ3) is 2.96. The average molecular weight is 388 g/mol. The van der Waals surface area contributed by atoms with Crippen molar-refractivity contribution < 1.29 is 4.79 Å². The van der Waals surface area contributed by atoms with Crippen molar-refractivity contribution in [2.45, 2.75) is 0 Å². The lowest BCUT2D eigenvalue weighted by molar-refractivity contribution is -0.112. The number of nitrogens with two attached hydrogens (primary N) is 1. The summed E-state index contributed by atoms with van der Waals surface area (Å²) in [5.41, 5.74) is 4.78. The van der Waals surface area contributed by atoms with Crippen molar-refractivity contribution in [1.29, 1.82) is 0 Å². The van der Waals surface area contributed by atoms with Crippen molar-refractivity contribution in [1.82, 2.24) is 0 Å². The van der Waals surface area contributed by atoms with Crippen LogP contribution in [0, 0.1) is 0 Å². The molecule has 0 aromatic heterocycles. The highest BCUT2D eigenvalue weighted by atomic mass is 35.5. The molecular formula is C9H2Cl7NO. The Balaban J connectivity index is 3.82. The highest BCUT2D eigenvalue weighted by molar-refractivity contribution is 6.63. The molecule has 0 fully saturated rings. The second-order valence-electron chi connectivity index (χ2n) is 2.94. The first-order valence-corrected chi connectivity index (χ1v) is 6.71. The van der Waals surface area contributed by atoms with Gasteiger partial charge in [0.15, 0.2) is 0 Å². The molecule has 0 radical (unpaired) electrons. The van der Waals surface area contributed by atoms with E-state index in [-0.39, 0.29) is 36.2 Å². The van der Waals surface area contributed by atoms with Gasteiger partial charge in [0.2, 0.25) is 0 Å². The van der Waals surface area contributed by atoms with Crippen LogP contribution in [0.1, 0.15) is 5.56 Å². The second kappa shape index (κ2) is 6.27. The number of hydrogen-bond donors (Lipinski definition) is 1. The zero-order chi connectivity index (χ0) is 14.2. The molecule has 0 aliphatic heterocycles. The molecule has 0 heterocycles. The Morgan fingerprint density at radius 3 is 1.39 bits per heavy atom. The van der Waals surface area contributed by atoms with Crippen LogP contribution in [0.5, 0.6) is 0 Å². The summed E-state index contributed by atoms with van der Waals surface area (Å²) >= 11 is 40.5. The number of carbonyl (C=O) groups excluding carboxylic acids is 1. The summed E-state index contributed by atoms with van der Waals surface area (Å²) in [6.45, 7) is 0. The van der Waals surface area contributed by atoms with E-state index in [0.717, 1.165) is 0 Å². The number of carbonyl (C=O) groups is 1. The van der Waals surface area contributed by atoms with E-state index in [0.29, 0.717) is 0 Å². The van der Waals surface area contributed by atoms with Crippen LogP contribution in [0.4, 0.5) is 0 Å². The third-order valence-electron chi connectivity index (χ3n) is 1.90. The van der Waals surface area contributed by atoms with Gasteiger partial charge in [-0.25, -0.2) is 0 Å². The minimum atomic E-state index is -0.937. The van der Waals surface area contributed by atoms with Gasteiger partial charge >= 0.3 is 0 Å². The van der Waals surface area contributed by atoms with Crippen molar-refractivity contribution in [3.05, 3.63) is 35.2 Å². The van der Waals surface area contributed by atoms with E-state index in [9.17, 15) is 4.79 Å². The molecule has 0 bridgehead atoms. The summed E-state index contributed by atoms with van der Waals surface area (Å²) in [7, 11) is 0. The van der Waals surface area contributed by atoms with Gasteiger partial charge in [0, 0.05) is 5.56 Å². The van der Waals surface area contributed by atoms with Crippen molar-refractivity contribution in [3.63, 3.8) is 0 Å². The maximum absolute atomic E-state index is 11.3. The number of hydrogen-bond acceptors (Lipinski definition) is 1. The van der Waals surface area contributed by atoms with E-state index >= 15 is 0 Å². The molecule has 2 nitrogen and oxygen atoms in total. The number of halogens is 7. The normalized spacial score (nSPS) is 10.4. The summed E-state index contributed by atoms with van der Waals surface area (Å²) in [6.07, 6.45) is 0. The van der Waals surface area contributed by atoms with Crippen LogP contribution in [0.2, 0.25) is 25.1 Å². The maximum Gasteiger partial charge on any atom is 0.251 e. The first-order chi connectivity index (χ1) is 8.20. The van der Waals surface area contributed by atoms with Crippen LogP contribution in [-0.4, -0.2) is 5.91 Å². The van der Waals surface area contributed by atoms with E-state index in [4.69, 9.17) is 86.9 Å². The minimum absolute atomic E-state index is 0.0494. The molecule has 1 rings (SSSR count). The Morgan fingerprint density at radius 1 is 0.778 bits per heavy atom. The molecule has 0 spiro atoms. The van der Waals surface area contributed by atoms with Crippen LogP contribution in [0.25, 0.3) is 5.57 Å². The van der Waals surface area contributed by atoms with Crippen molar-refractivity contribution in [3.8, 4) is 0 Å². The van der Waals surface area contributed by atoms with Gasteiger partial charge in [0.25, 0.3) is 5.91 Å². The Labute approximate surface area is 137 Å². The number of benzene rings is 1. The lowest BCUT2D eigenvalue weighted by Gasteiger charge is -2.13. The van der Waals surface area contributed by atoms with E-state index in [2.05, 4.69) is 0 Å². The van der Waals surface area contributed by atoms with Crippen LogP contribution in [-0.2, 0) is 4.79 Å².